The van der Waals surface area contributed by atoms with Gasteiger partial charge in [-0.05, 0) is 130 Å². The molecule has 8 atom stereocenters. The fourth-order valence-electron chi connectivity index (χ4n) is 15.4. The van der Waals surface area contributed by atoms with Gasteiger partial charge in [0.2, 0.25) is 0 Å². The first-order chi connectivity index (χ1) is 50.0. The molecular weight excluding hydrogens is 1320 g/mol. The molecule has 5 aliphatic rings. The maximum absolute atomic E-state index is 14.0. The third-order valence-electron chi connectivity index (χ3n) is 21.4. The Labute approximate surface area is 607 Å². The zero-order valence-electron chi connectivity index (χ0n) is 61.1. The lowest BCUT2D eigenvalue weighted by atomic mass is 9.73. The van der Waals surface area contributed by atoms with E-state index >= 15 is 0 Å². The number of aryl methyl sites for hydroxylation is 4. The molecule has 4 aliphatic heterocycles. The summed E-state index contributed by atoms with van der Waals surface area (Å²) in [6, 6.07) is 36.4. The molecule has 0 saturated carbocycles. The third kappa shape index (κ3) is 13.4. The molecule has 8 aromatic carbocycles. The molecule has 4 N–H and O–H groups in total. The highest BCUT2D eigenvalue weighted by atomic mass is 16.6. The Morgan fingerprint density at radius 2 is 0.519 bits per heavy atom. The van der Waals surface area contributed by atoms with Crippen molar-refractivity contribution in [2.45, 2.75) is 157 Å². The van der Waals surface area contributed by atoms with Crippen molar-refractivity contribution in [1.82, 2.24) is 19.6 Å². The lowest BCUT2D eigenvalue weighted by Gasteiger charge is -2.39. The summed E-state index contributed by atoms with van der Waals surface area (Å²) in [5, 5.41) is 56.0. The van der Waals surface area contributed by atoms with Gasteiger partial charge in [0.05, 0.1) is 48.7 Å². The maximum atomic E-state index is 14.0. The van der Waals surface area contributed by atoms with E-state index in [1.54, 1.807) is 75.0 Å². The van der Waals surface area contributed by atoms with Gasteiger partial charge in [0.15, 0.2) is 0 Å². The summed E-state index contributed by atoms with van der Waals surface area (Å²) in [5.41, 5.74) is 11.5. The van der Waals surface area contributed by atoms with Crippen LogP contribution in [0.3, 0.4) is 0 Å². The van der Waals surface area contributed by atoms with Crippen molar-refractivity contribution in [1.29, 1.82) is 0 Å². The molecule has 13 rings (SSSR count). The first kappa shape index (κ1) is 72.2. The van der Waals surface area contributed by atoms with Crippen LogP contribution in [0.2, 0.25) is 0 Å². The number of benzene rings is 8. The molecule has 1 aliphatic carbocycles. The number of phenolic OH excluding ortho intramolecular Hbond substituents is 4. The number of fused-ring (bicyclic) bond motifs is 16. The molecule has 20 nitrogen and oxygen atoms in total. The fraction of sp³-hybridized carbons (Fsp3) is 0.381. The monoisotopic (exact) mass is 1410 g/mol. The molecule has 0 aromatic heterocycles. The normalized spacial score (nSPS) is 19.1. The van der Waals surface area contributed by atoms with Crippen molar-refractivity contribution in [3.8, 4) is 46.0 Å². The van der Waals surface area contributed by atoms with Gasteiger partial charge in [-0.1, -0.05) is 119 Å². The molecule has 544 valence electrons. The average molecular weight is 1410 g/mol. The Morgan fingerprint density at radius 1 is 0.337 bits per heavy atom. The first-order valence-corrected chi connectivity index (χ1v) is 36.0. The van der Waals surface area contributed by atoms with Gasteiger partial charge in [0.1, 0.15) is 97.1 Å². The number of ether oxygens (including phenoxy) is 8. The molecule has 20 heteroatoms. The van der Waals surface area contributed by atoms with Crippen molar-refractivity contribution < 1.29 is 77.5 Å². The number of carbonyl (C=O) groups excluding carboxylic acids is 4. The topological polar surface area (TPSA) is 236 Å². The third-order valence-corrected chi connectivity index (χ3v) is 21.4. The molecular formula is C84H92N4O16. The summed E-state index contributed by atoms with van der Waals surface area (Å²) in [6.07, 6.45) is 0. The van der Waals surface area contributed by atoms with Crippen LogP contribution >= 0.6 is 0 Å². The molecule has 104 heavy (non-hydrogen) atoms. The summed E-state index contributed by atoms with van der Waals surface area (Å²) >= 11 is 0. The smallest absolute Gasteiger partial charge is 0.323 e. The zero-order chi connectivity index (χ0) is 73.7. The van der Waals surface area contributed by atoms with E-state index in [0.717, 1.165) is 22.3 Å². The number of hydrogen-bond donors (Lipinski definition) is 4. The Hall–Kier alpha value is -10.1. The van der Waals surface area contributed by atoms with Gasteiger partial charge >= 0.3 is 23.9 Å². The van der Waals surface area contributed by atoms with Crippen LogP contribution < -0.4 is 18.9 Å². The van der Waals surface area contributed by atoms with E-state index in [2.05, 4.69) is 0 Å². The predicted octanol–water partition coefficient (Wildman–Crippen LogP) is 13.2. The van der Waals surface area contributed by atoms with Gasteiger partial charge in [-0.2, -0.15) is 0 Å². The van der Waals surface area contributed by atoms with E-state index in [1.165, 1.54) is 0 Å². The Balaban J connectivity index is 1.24. The summed E-state index contributed by atoms with van der Waals surface area (Å²) in [4.78, 5) is 62.8. The van der Waals surface area contributed by atoms with Crippen LogP contribution in [0.1, 0.15) is 190 Å². The number of rotatable bonds is 16. The zero-order valence-corrected chi connectivity index (χ0v) is 61.1. The van der Waals surface area contributed by atoms with Crippen LogP contribution in [0.25, 0.3) is 0 Å². The van der Waals surface area contributed by atoms with Gasteiger partial charge in [-0.3, -0.25) is 38.8 Å². The minimum absolute atomic E-state index is 0.0185. The lowest BCUT2D eigenvalue weighted by molar-refractivity contribution is -0.151. The highest BCUT2D eigenvalue weighted by molar-refractivity contribution is 5.79. The lowest BCUT2D eigenvalue weighted by Crippen LogP contribution is -2.44. The maximum Gasteiger partial charge on any atom is 0.323 e. The van der Waals surface area contributed by atoms with Crippen LogP contribution in [0, 0.1) is 27.7 Å². The molecule has 0 saturated heterocycles. The Bertz CT molecular complexity index is 4020. The van der Waals surface area contributed by atoms with Gasteiger partial charge in [-0.15, -0.1) is 0 Å². The molecule has 8 aromatic rings. The van der Waals surface area contributed by atoms with Gasteiger partial charge in [0, 0.05) is 94.4 Å². The van der Waals surface area contributed by atoms with E-state index in [1.807, 2.05) is 149 Å². The number of esters is 4. The molecule has 0 amide bonds. The van der Waals surface area contributed by atoms with Crippen LogP contribution in [0.15, 0.2) is 121 Å². The standard InChI is InChI=1S/C84H92N4O16/c1-13-97-81(93)49(9)85-37-65-73(89)57-33-61(77(65)101-41-85)70(54-27-19-46(6)20-28-54)58-34-63(79-66(74(58)90)38-86(43-103-79)50(10)82(94)98-14-2)72(56-31-23-48(8)24-32-56)60-36-64(80-68(76(60)92)40-88(44-104-80)52(12)84(96)100-16-4)71(55-29-21-47(7)22-30-55)59-35-62(69(57)53-25-17-45(5)18-26-53)78-67(75(59)91)39-87(42-102-78)51(11)83(95)99-15-3/h17-36,49-52,69-72,89-92H,13-16,37-44H2,1-12H3. The first-order valence-electron chi connectivity index (χ1n) is 36.0. The van der Waals surface area contributed by atoms with Gasteiger partial charge in [0.25, 0.3) is 0 Å². The van der Waals surface area contributed by atoms with E-state index in [-0.39, 0.29) is 103 Å². The quantitative estimate of drug-likeness (QED) is 0.0520. The molecule has 4 heterocycles. The largest absolute Gasteiger partial charge is 0.507 e. The minimum atomic E-state index is -0.992. The van der Waals surface area contributed by atoms with Crippen LogP contribution in [-0.4, -0.2) is 141 Å². The van der Waals surface area contributed by atoms with Gasteiger partial charge in [-0.25, -0.2) is 0 Å². The minimum Gasteiger partial charge on any atom is -0.507 e. The average Bonchev–Trinajstić information content (AvgIpc) is 0.719. The number of nitrogens with zero attached hydrogens (tertiary/aromatic N) is 4. The second-order valence-corrected chi connectivity index (χ2v) is 28.0. The van der Waals surface area contributed by atoms with Crippen LogP contribution in [0.4, 0.5) is 0 Å². The number of phenols is 4. The van der Waals surface area contributed by atoms with Gasteiger partial charge < -0.3 is 58.3 Å². The summed E-state index contributed by atoms with van der Waals surface area (Å²) < 4.78 is 50.9. The molecule has 8 bridgehead atoms. The second kappa shape index (κ2) is 29.9. The fourth-order valence-corrected chi connectivity index (χ4v) is 15.4. The predicted molar refractivity (Wildman–Crippen MR) is 389 cm³/mol. The molecule has 0 radical (unpaired) electrons. The van der Waals surface area contributed by atoms with Crippen molar-refractivity contribution in [3.63, 3.8) is 0 Å². The molecule has 0 fully saturated rings. The van der Waals surface area contributed by atoms with E-state index in [9.17, 15) is 39.6 Å². The Morgan fingerprint density at radius 3 is 0.692 bits per heavy atom. The van der Waals surface area contributed by atoms with E-state index < -0.39 is 71.7 Å². The second-order valence-electron chi connectivity index (χ2n) is 28.0. The van der Waals surface area contributed by atoms with Crippen molar-refractivity contribution in [3.05, 3.63) is 233 Å². The van der Waals surface area contributed by atoms with E-state index in [4.69, 9.17) is 37.9 Å². The van der Waals surface area contributed by atoms with Crippen molar-refractivity contribution >= 4 is 23.9 Å². The Kier molecular flexibility index (Phi) is 20.8. The molecule has 8 unspecified atom stereocenters. The summed E-state index contributed by atoms with van der Waals surface area (Å²) in [7, 11) is 0. The number of aromatic hydroxyl groups is 4. The van der Waals surface area contributed by atoms with Crippen LogP contribution in [0.5, 0.6) is 46.0 Å². The summed E-state index contributed by atoms with van der Waals surface area (Å²) in [5.74, 6) is -5.40. The van der Waals surface area contributed by atoms with Crippen molar-refractivity contribution in [2.24, 2.45) is 0 Å². The SMILES string of the molecule is CCOC(=O)C(C)N1COc2c3cc(c(O)c2C1)C(c1ccc(C)cc1)c1cc(c(O)c2c1OCN(C(C)C(=O)OCC)C2)C(c1ccc(C)cc1)c1cc(c(O)c2c1OCN(C(C)C(=O)OCC)C2)C(c1ccc(C)cc1)c1cc(c(O)c2c1OCN(C(C)C(=O)OCC)C2)C3c1ccc(C)cc1. The highest BCUT2D eigenvalue weighted by Crippen LogP contribution is 2.59. The molecule has 0 spiro atoms. The van der Waals surface area contributed by atoms with Crippen molar-refractivity contribution in [2.75, 3.05) is 53.4 Å². The number of carbonyl (C=O) groups is 4. The highest BCUT2D eigenvalue weighted by Gasteiger charge is 2.45. The van der Waals surface area contributed by atoms with E-state index in [0.29, 0.717) is 112 Å². The summed E-state index contributed by atoms with van der Waals surface area (Å²) in [6.45, 7) is 21.9. The number of hydrogen-bond acceptors (Lipinski definition) is 20. The van der Waals surface area contributed by atoms with Crippen LogP contribution in [-0.2, 0) is 64.3 Å².